The van der Waals surface area contributed by atoms with E-state index in [1.54, 1.807) is 18.6 Å². The fourth-order valence-corrected chi connectivity index (χ4v) is 4.04. The molecule has 148 valence electrons. The molecule has 1 aromatic heterocycles. The van der Waals surface area contributed by atoms with Crippen LogP contribution in [0.15, 0.2) is 55.1 Å². The van der Waals surface area contributed by atoms with Gasteiger partial charge in [-0.25, -0.2) is 9.88 Å². The predicted molar refractivity (Wildman–Crippen MR) is 114 cm³/mol. The van der Waals surface area contributed by atoms with Gasteiger partial charge in [0.1, 0.15) is 0 Å². The number of para-hydroxylation sites is 1. The Labute approximate surface area is 171 Å². The van der Waals surface area contributed by atoms with Crippen molar-refractivity contribution in [3.63, 3.8) is 0 Å². The zero-order valence-corrected chi connectivity index (χ0v) is 17.2. The van der Waals surface area contributed by atoms with Gasteiger partial charge in [0, 0.05) is 18.9 Å². The van der Waals surface area contributed by atoms with Gasteiger partial charge in [-0.1, -0.05) is 58.0 Å². The van der Waals surface area contributed by atoms with Crippen molar-refractivity contribution in [1.82, 2.24) is 9.55 Å². The standard InChI is InChI=1S/C24H25N3O2/c1-15(2)18-8-6-9-19(16(3)4)22(18)27-23(28)20-10-5-7-17(21(20)24(27)29)13-26-12-11-25-14-26/h5-12,14-16H,13H2,1-4H3. The molecule has 2 aromatic carbocycles. The first-order valence-corrected chi connectivity index (χ1v) is 9.99. The van der Waals surface area contributed by atoms with Crippen molar-refractivity contribution in [3.05, 3.63) is 82.9 Å². The second-order valence-corrected chi connectivity index (χ2v) is 8.11. The molecule has 29 heavy (non-hydrogen) atoms. The summed E-state index contributed by atoms with van der Waals surface area (Å²) >= 11 is 0. The Kier molecular flexibility index (Phi) is 4.82. The van der Waals surface area contributed by atoms with E-state index in [4.69, 9.17) is 0 Å². The van der Waals surface area contributed by atoms with Crippen LogP contribution in [0.3, 0.4) is 0 Å². The smallest absolute Gasteiger partial charge is 0.266 e. The number of anilines is 1. The molecule has 0 saturated heterocycles. The lowest BCUT2D eigenvalue weighted by molar-refractivity contribution is 0.0925. The number of amides is 2. The highest BCUT2D eigenvalue weighted by Crippen LogP contribution is 2.40. The number of nitrogens with zero attached hydrogens (tertiary/aromatic N) is 3. The number of imidazole rings is 1. The third-order valence-electron chi connectivity index (χ3n) is 5.48. The van der Waals surface area contributed by atoms with Crippen molar-refractivity contribution < 1.29 is 9.59 Å². The zero-order chi connectivity index (χ0) is 20.7. The van der Waals surface area contributed by atoms with Crippen LogP contribution in [0, 0.1) is 0 Å². The molecule has 0 atom stereocenters. The van der Waals surface area contributed by atoms with Crippen LogP contribution in [-0.2, 0) is 6.54 Å². The molecule has 1 aliphatic rings. The van der Waals surface area contributed by atoms with E-state index in [0.717, 1.165) is 22.4 Å². The molecular formula is C24H25N3O2. The molecule has 0 radical (unpaired) electrons. The number of fused-ring (bicyclic) bond motifs is 1. The number of imide groups is 1. The lowest BCUT2D eigenvalue weighted by Crippen LogP contribution is -2.32. The Morgan fingerprint density at radius 3 is 2.14 bits per heavy atom. The zero-order valence-electron chi connectivity index (χ0n) is 17.2. The Hall–Kier alpha value is -3.21. The van der Waals surface area contributed by atoms with Crippen LogP contribution in [0.4, 0.5) is 5.69 Å². The Balaban J connectivity index is 1.86. The van der Waals surface area contributed by atoms with Crippen molar-refractivity contribution in [2.45, 2.75) is 46.1 Å². The van der Waals surface area contributed by atoms with Gasteiger partial charge in [0.2, 0.25) is 0 Å². The van der Waals surface area contributed by atoms with E-state index in [-0.39, 0.29) is 23.7 Å². The Morgan fingerprint density at radius 1 is 0.897 bits per heavy atom. The molecule has 0 bridgehead atoms. The van der Waals surface area contributed by atoms with Crippen LogP contribution in [0.25, 0.3) is 0 Å². The molecule has 5 nitrogen and oxygen atoms in total. The topological polar surface area (TPSA) is 55.2 Å². The highest BCUT2D eigenvalue weighted by molar-refractivity contribution is 6.35. The minimum atomic E-state index is -0.243. The largest absolute Gasteiger partial charge is 0.333 e. The van der Waals surface area contributed by atoms with E-state index >= 15 is 0 Å². The van der Waals surface area contributed by atoms with E-state index in [2.05, 4.69) is 32.7 Å². The maximum atomic E-state index is 13.6. The van der Waals surface area contributed by atoms with Crippen LogP contribution < -0.4 is 4.90 Å². The second kappa shape index (κ2) is 7.32. The summed E-state index contributed by atoms with van der Waals surface area (Å²) < 4.78 is 1.90. The molecular weight excluding hydrogens is 362 g/mol. The normalized spacial score (nSPS) is 13.7. The predicted octanol–water partition coefficient (Wildman–Crippen LogP) is 4.98. The van der Waals surface area contributed by atoms with Crippen LogP contribution in [0.2, 0.25) is 0 Å². The highest BCUT2D eigenvalue weighted by Gasteiger charge is 2.40. The first-order chi connectivity index (χ1) is 13.9. The van der Waals surface area contributed by atoms with E-state index in [1.807, 2.05) is 41.1 Å². The van der Waals surface area contributed by atoms with Gasteiger partial charge >= 0.3 is 0 Å². The van der Waals surface area contributed by atoms with Crippen LogP contribution >= 0.6 is 0 Å². The lowest BCUT2D eigenvalue weighted by atomic mass is 9.92. The third kappa shape index (κ3) is 3.16. The number of aromatic nitrogens is 2. The highest BCUT2D eigenvalue weighted by atomic mass is 16.2. The average molecular weight is 387 g/mol. The van der Waals surface area contributed by atoms with Crippen molar-refractivity contribution in [3.8, 4) is 0 Å². The molecule has 0 saturated carbocycles. The monoisotopic (exact) mass is 387 g/mol. The van der Waals surface area contributed by atoms with E-state index < -0.39 is 0 Å². The molecule has 4 rings (SSSR count). The third-order valence-corrected chi connectivity index (χ3v) is 5.48. The molecule has 0 unspecified atom stereocenters. The van der Waals surface area contributed by atoms with Crippen molar-refractivity contribution >= 4 is 17.5 Å². The number of carbonyl (C=O) groups is 2. The minimum Gasteiger partial charge on any atom is -0.333 e. The van der Waals surface area contributed by atoms with E-state index in [1.165, 1.54) is 4.90 Å². The summed E-state index contributed by atoms with van der Waals surface area (Å²) in [6.45, 7) is 8.85. The Morgan fingerprint density at radius 2 is 1.55 bits per heavy atom. The number of carbonyl (C=O) groups excluding carboxylic acids is 2. The summed E-state index contributed by atoms with van der Waals surface area (Å²) in [5.74, 6) is -0.0972. The summed E-state index contributed by atoms with van der Waals surface area (Å²) in [5, 5.41) is 0. The quantitative estimate of drug-likeness (QED) is 0.580. The van der Waals surface area contributed by atoms with Crippen LogP contribution in [0.1, 0.15) is 76.9 Å². The molecule has 0 spiro atoms. The lowest BCUT2D eigenvalue weighted by Gasteiger charge is -2.25. The number of hydrogen-bond acceptors (Lipinski definition) is 3. The van der Waals surface area contributed by atoms with Crippen LogP contribution in [-0.4, -0.2) is 21.4 Å². The summed E-state index contributed by atoms with van der Waals surface area (Å²) in [6.07, 6.45) is 5.27. The SMILES string of the molecule is CC(C)c1cccc(C(C)C)c1N1C(=O)c2cccc(Cn3ccnc3)c2C1=O. The average Bonchev–Trinajstić information content (AvgIpc) is 3.28. The molecule has 0 aliphatic carbocycles. The molecule has 1 aliphatic heterocycles. The van der Waals surface area contributed by atoms with Gasteiger partial charge in [0.15, 0.2) is 0 Å². The van der Waals surface area contributed by atoms with Crippen molar-refractivity contribution in [1.29, 1.82) is 0 Å². The van der Waals surface area contributed by atoms with Gasteiger partial charge in [0.05, 0.1) is 23.1 Å². The van der Waals surface area contributed by atoms with Crippen molar-refractivity contribution in [2.24, 2.45) is 0 Å². The van der Waals surface area contributed by atoms with Gasteiger partial charge in [0.25, 0.3) is 11.8 Å². The fraction of sp³-hybridized carbons (Fsp3) is 0.292. The number of benzene rings is 2. The summed E-state index contributed by atoms with van der Waals surface area (Å²) in [4.78, 5) is 32.5. The molecule has 0 N–H and O–H groups in total. The van der Waals surface area contributed by atoms with E-state index in [0.29, 0.717) is 17.7 Å². The maximum absolute atomic E-state index is 13.6. The van der Waals surface area contributed by atoms with Gasteiger partial charge in [-0.15, -0.1) is 0 Å². The minimum absolute atomic E-state index is 0.193. The second-order valence-electron chi connectivity index (χ2n) is 8.11. The van der Waals surface area contributed by atoms with Gasteiger partial charge in [-0.3, -0.25) is 9.59 Å². The first-order valence-electron chi connectivity index (χ1n) is 9.99. The summed E-state index contributed by atoms with van der Waals surface area (Å²) in [7, 11) is 0. The van der Waals surface area contributed by atoms with Crippen molar-refractivity contribution in [2.75, 3.05) is 4.90 Å². The van der Waals surface area contributed by atoms with Gasteiger partial charge < -0.3 is 4.57 Å². The fourth-order valence-electron chi connectivity index (χ4n) is 4.04. The maximum Gasteiger partial charge on any atom is 0.266 e. The number of rotatable bonds is 5. The molecule has 5 heteroatoms. The van der Waals surface area contributed by atoms with Gasteiger partial charge in [-0.2, -0.15) is 0 Å². The molecule has 3 aromatic rings. The molecule has 2 heterocycles. The first kappa shape index (κ1) is 19.1. The van der Waals surface area contributed by atoms with E-state index in [9.17, 15) is 9.59 Å². The summed E-state index contributed by atoms with van der Waals surface area (Å²) in [5.41, 5.74) is 4.58. The Bertz CT molecular complexity index is 1060. The molecule has 2 amide bonds. The summed E-state index contributed by atoms with van der Waals surface area (Å²) in [6, 6.07) is 11.5. The molecule has 0 fully saturated rings. The number of hydrogen-bond donors (Lipinski definition) is 0. The van der Waals surface area contributed by atoms with Gasteiger partial charge in [-0.05, 0) is 34.6 Å². The van der Waals surface area contributed by atoms with Crippen LogP contribution in [0.5, 0.6) is 0 Å².